The van der Waals surface area contributed by atoms with Crippen molar-refractivity contribution < 1.29 is 9.53 Å². The van der Waals surface area contributed by atoms with E-state index in [-0.39, 0.29) is 6.61 Å². The average molecular weight is 442 g/mol. The summed E-state index contributed by atoms with van der Waals surface area (Å²) < 4.78 is 7.20. The van der Waals surface area contributed by atoms with Gasteiger partial charge in [0.2, 0.25) is 0 Å². The Labute approximate surface area is 182 Å². The van der Waals surface area contributed by atoms with Gasteiger partial charge in [0.05, 0.1) is 11.2 Å². The molecule has 0 aliphatic rings. The van der Waals surface area contributed by atoms with E-state index >= 15 is 0 Å². The Morgan fingerprint density at radius 3 is 2.83 bits per heavy atom. The minimum atomic E-state index is -0.529. The fourth-order valence-corrected chi connectivity index (χ4v) is 4.38. The summed E-state index contributed by atoms with van der Waals surface area (Å²) in [5.74, 6) is 0. The third-order valence-corrected chi connectivity index (χ3v) is 6.02. The van der Waals surface area contributed by atoms with E-state index in [9.17, 15) is 4.79 Å². The number of amides is 1. The van der Waals surface area contributed by atoms with Gasteiger partial charge in [0.1, 0.15) is 22.1 Å². The van der Waals surface area contributed by atoms with Crippen LogP contribution in [0.4, 0.5) is 9.80 Å². The second-order valence-electron chi connectivity index (χ2n) is 6.82. The van der Waals surface area contributed by atoms with Crippen molar-refractivity contribution in [1.82, 2.24) is 20.0 Å². The number of hydrogen-bond acceptors (Lipinski definition) is 6. The molecule has 0 bridgehead atoms. The van der Waals surface area contributed by atoms with Crippen LogP contribution in [0, 0.1) is 13.8 Å². The molecule has 0 radical (unpaired) electrons. The SMILES string of the molecule is CCn1nnc2cc(COC(=O)Nc3sc(-c4ccc(Cl)cc4C)nc3C)ccc21. The lowest BCUT2D eigenvalue weighted by Gasteiger charge is -2.06. The minimum Gasteiger partial charge on any atom is -0.444 e. The van der Waals surface area contributed by atoms with Crippen molar-refractivity contribution in [2.75, 3.05) is 5.32 Å². The Morgan fingerprint density at radius 2 is 2.07 bits per heavy atom. The molecule has 154 valence electrons. The second kappa shape index (κ2) is 8.41. The fourth-order valence-electron chi connectivity index (χ4n) is 3.11. The lowest BCUT2D eigenvalue weighted by Crippen LogP contribution is -2.13. The topological polar surface area (TPSA) is 81.9 Å². The second-order valence-corrected chi connectivity index (χ2v) is 8.26. The number of anilines is 1. The predicted octanol–water partition coefficient (Wildman–Crippen LogP) is 5.59. The van der Waals surface area contributed by atoms with Crippen LogP contribution in [0.15, 0.2) is 36.4 Å². The minimum absolute atomic E-state index is 0.141. The van der Waals surface area contributed by atoms with E-state index in [0.717, 1.165) is 45.0 Å². The van der Waals surface area contributed by atoms with Crippen LogP contribution in [0.3, 0.4) is 0 Å². The molecule has 2 aromatic heterocycles. The van der Waals surface area contributed by atoms with Gasteiger partial charge in [-0.1, -0.05) is 40.3 Å². The lowest BCUT2D eigenvalue weighted by molar-refractivity contribution is 0.155. The molecule has 9 heteroatoms. The van der Waals surface area contributed by atoms with Crippen molar-refractivity contribution in [2.45, 2.75) is 33.9 Å². The van der Waals surface area contributed by atoms with Crippen LogP contribution in [0.2, 0.25) is 5.02 Å². The highest BCUT2D eigenvalue weighted by Gasteiger charge is 2.15. The summed E-state index contributed by atoms with van der Waals surface area (Å²) in [6, 6.07) is 11.4. The monoisotopic (exact) mass is 441 g/mol. The number of carbonyl (C=O) groups is 1. The highest BCUT2D eigenvalue weighted by molar-refractivity contribution is 7.19. The number of rotatable bonds is 5. The highest BCUT2D eigenvalue weighted by atomic mass is 35.5. The Balaban J connectivity index is 1.42. The summed E-state index contributed by atoms with van der Waals surface area (Å²) in [6.45, 7) is 6.74. The van der Waals surface area contributed by atoms with Gasteiger partial charge in [0, 0.05) is 17.1 Å². The molecule has 0 spiro atoms. The number of benzene rings is 2. The summed E-state index contributed by atoms with van der Waals surface area (Å²) >= 11 is 7.44. The van der Waals surface area contributed by atoms with Gasteiger partial charge in [-0.2, -0.15) is 0 Å². The van der Waals surface area contributed by atoms with Gasteiger partial charge >= 0.3 is 6.09 Å². The number of thiazole rings is 1. The maximum absolute atomic E-state index is 12.3. The van der Waals surface area contributed by atoms with E-state index in [1.54, 1.807) is 0 Å². The van der Waals surface area contributed by atoms with Crippen LogP contribution in [0.5, 0.6) is 0 Å². The van der Waals surface area contributed by atoms with Crippen LogP contribution in [-0.4, -0.2) is 26.1 Å². The molecular weight excluding hydrogens is 422 g/mol. The molecule has 0 saturated carbocycles. The number of aromatic nitrogens is 4. The number of nitrogens with one attached hydrogen (secondary N) is 1. The van der Waals surface area contributed by atoms with E-state index in [1.165, 1.54) is 11.3 Å². The van der Waals surface area contributed by atoms with E-state index in [2.05, 4.69) is 20.6 Å². The summed E-state index contributed by atoms with van der Waals surface area (Å²) in [5.41, 5.74) is 5.33. The first-order valence-corrected chi connectivity index (χ1v) is 10.6. The smallest absolute Gasteiger partial charge is 0.412 e. The Kier molecular flexibility index (Phi) is 5.69. The third-order valence-electron chi connectivity index (χ3n) is 4.68. The van der Waals surface area contributed by atoms with Gasteiger partial charge in [-0.05, 0) is 56.2 Å². The molecule has 0 atom stereocenters. The molecule has 2 heterocycles. The molecule has 1 N–H and O–H groups in total. The molecule has 0 aliphatic heterocycles. The predicted molar refractivity (Wildman–Crippen MR) is 119 cm³/mol. The molecule has 0 unspecified atom stereocenters. The lowest BCUT2D eigenvalue weighted by atomic mass is 10.1. The van der Waals surface area contributed by atoms with Crippen LogP contribution >= 0.6 is 22.9 Å². The van der Waals surface area contributed by atoms with Crippen molar-refractivity contribution in [3.63, 3.8) is 0 Å². The number of hydrogen-bond donors (Lipinski definition) is 1. The van der Waals surface area contributed by atoms with Gasteiger partial charge in [0.25, 0.3) is 0 Å². The van der Waals surface area contributed by atoms with Crippen LogP contribution in [0.1, 0.15) is 23.7 Å². The summed E-state index contributed by atoms with van der Waals surface area (Å²) in [5, 5.41) is 13.2. The highest BCUT2D eigenvalue weighted by Crippen LogP contribution is 2.34. The Hall–Kier alpha value is -2.97. The first-order chi connectivity index (χ1) is 14.4. The van der Waals surface area contributed by atoms with Crippen molar-refractivity contribution in [3.05, 3.63) is 58.2 Å². The molecule has 4 rings (SSSR count). The fraction of sp³-hybridized carbons (Fsp3) is 0.238. The standard InChI is InChI=1S/C21H20ClN5O2S/c1-4-27-18-8-5-14(10-17(18)25-26-27)11-29-21(28)24-19-13(3)23-20(30-19)16-7-6-15(22)9-12(16)2/h5-10H,4,11H2,1-3H3,(H,24,28). The summed E-state index contributed by atoms with van der Waals surface area (Å²) in [4.78, 5) is 16.9. The number of carbonyl (C=O) groups excluding carboxylic acids is 1. The number of ether oxygens (including phenoxy) is 1. The molecule has 2 aromatic carbocycles. The van der Waals surface area contributed by atoms with Gasteiger partial charge < -0.3 is 4.74 Å². The van der Waals surface area contributed by atoms with Crippen LogP contribution in [0.25, 0.3) is 21.6 Å². The third kappa shape index (κ3) is 4.15. The summed E-state index contributed by atoms with van der Waals surface area (Å²) in [7, 11) is 0. The van der Waals surface area contributed by atoms with Crippen LogP contribution in [-0.2, 0) is 17.9 Å². The zero-order valence-corrected chi connectivity index (χ0v) is 18.3. The Morgan fingerprint density at radius 1 is 1.23 bits per heavy atom. The maximum Gasteiger partial charge on any atom is 0.412 e. The molecular formula is C21H20ClN5O2S. The largest absolute Gasteiger partial charge is 0.444 e. The average Bonchev–Trinajstić information content (AvgIpc) is 3.29. The van der Waals surface area contributed by atoms with E-state index < -0.39 is 6.09 Å². The van der Waals surface area contributed by atoms with Crippen molar-refractivity contribution in [3.8, 4) is 10.6 Å². The zero-order valence-electron chi connectivity index (χ0n) is 16.8. The molecule has 4 aromatic rings. The normalized spacial score (nSPS) is 11.1. The number of nitrogens with zero attached hydrogens (tertiary/aromatic N) is 4. The molecule has 0 aliphatic carbocycles. The number of aryl methyl sites for hydroxylation is 3. The molecule has 30 heavy (non-hydrogen) atoms. The van der Waals surface area contributed by atoms with Crippen molar-refractivity contribution in [2.24, 2.45) is 0 Å². The molecule has 1 amide bonds. The van der Waals surface area contributed by atoms with E-state index in [1.807, 2.05) is 61.9 Å². The molecule has 7 nitrogen and oxygen atoms in total. The van der Waals surface area contributed by atoms with E-state index in [0.29, 0.717) is 10.0 Å². The number of halogens is 1. The summed E-state index contributed by atoms with van der Waals surface area (Å²) in [6.07, 6.45) is -0.529. The van der Waals surface area contributed by atoms with Gasteiger partial charge in [-0.25, -0.2) is 14.5 Å². The maximum atomic E-state index is 12.3. The molecule has 0 saturated heterocycles. The van der Waals surface area contributed by atoms with E-state index in [4.69, 9.17) is 16.3 Å². The molecule has 0 fully saturated rings. The van der Waals surface area contributed by atoms with Gasteiger partial charge in [0.15, 0.2) is 0 Å². The first kappa shape index (κ1) is 20.3. The quantitative estimate of drug-likeness (QED) is 0.436. The first-order valence-electron chi connectivity index (χ1n) is 9.44. The van der Waals surface area contributed by atoms with Crippen molar-refractivity contribution in [1.29, 1.82) is 0 Å². The van der Waals surface area contributed by atoms with Crippen LogP contribution < -0.4 is 5.32 Å². The van der Waals surface area contributed by atoms with Gasteiger partial charge in [-0.3, -0.25) is 5.32 Å². The number of fused-ring (bicyclic) bond motifs is 1. The Bertz CT molecular complexity index is 1230. The van der Waals surface area contributed by atoms with Crippen molar-refractivity contribution >= 4 is 45.1 Å². The van der Waals surface area contributed by atoms with Gasteiger partial charge in [-0.15, -0.1) is 5.10 Å². The zero-order chi connectivity index (χ0) is 21.3.